The minimum absolute atomic E-state index is 0.302. The molecule has 1 atom stereocenters. The fraction of sp³-hybridized carbons (Fsp3) is 0.286. The normalized spacial score (nSPS) is 12.5. The monoisotopic (exact) mass is 229 g/mol. The molecule has 1 aromatic carbocycles. The van der Waals surface area contributed by atoms with Crippen LogP contribution in [0.4, 0.5) is 0 Å². The Morgan fingerprint density at radius 1 is 1.41 bits per heavy atom. The number of carbonyl (C=O) groups is 1. The van der Waals surface area contributed by atoms with E-state index in [-0.39, 0.29) is 5.92 Å². The maximum Gasteiger partial charge on any atom is 0.306 e. The number of rotatable bonds is 4. The van der Waals surface area contributed by atoms with Gasteiger partial charge in [0.2, 0.25) is 0 Å². The Morgan fingerprint density at radius 2 is 2.24 bits per heavy atom. The van der Waals surface area contributed by atoms with E-state index in [1.165, 1.54) is 0 Å². The zero-order chi connectivity index (χ0) is 12.3. The molecule has 2 rings (SSSR count). The van der Waals surface area contributed by atoms with Crippen LogP contribution < -0.4 is 0 Å². The lowest BCUT2D eigenvalue weighted by atomic mass is 9.96. The highest BCUT2D eigenvalue weighted by Gasteiger charge is 2.15. The zero-order valence-electron chi connectivity index (χ0n) is 9.76. The van der Waals surface area contributed by atoms with Crippen LogP contribution in [0.15, 0.2) is 36.5 Å². The number of benzene rings is 1. The number of carboxylic acids is 1. The van der Waals surface area contributed by atoms with Gasteiger partial charge in [-0.3, -0.25) is 9.78 Å². The first kappa shape index (κ1) is 11.6. The molecule has 88 valence electrons. The van der Waals surface area contributed by atoms with Gasteiger partial charge >= 0.3 is 5.97 Å². The van der Waals surface area contributed by atoms with Crippen LogP contribution in [-0.4, -0.2) is 16.1 Å². The van der Waals surface area contributed by atoms with E-state index in [2.05, 4.69) is 4.98 Å². The van der Waals surface area contributed by atoms with Gasteiger partial charge in [-0.2, -0.15) is 0 Å². The highest BCUT2D eigenvalue weighted by molar-refractivity contribution is 5.79. The standard InChI is InChI=1S/C14H15NO2/c1-2-11(14(16)17)8-10-5-6-13-12(9-10)4-3-7-15-13/h3-7,9,11H,2,8H2,1H3,(H,16,17). The van der Waals surface area contributed by atoms with Gasteiger partial charge in [-0.1, -0.05) is 19.1 Å². The molecule has 0 aliphatic rings. The van der Waals surface area contributed by atoms with Crippen molar-refractivity contribution >= 4 is 16.9 Å². The molecule has 0 aliphatic heterocycles. The van der Waals surface area contributed by atoms with E-state index in [0.717, 1.165) is 16.5 Å². The number of fused-ring (bicyclic) bond motifs is 1. The Labute approximate surface area is 100 Å². The van der Waals surface area contributed by atoms with Crippen LogP contribution in [0.1, 0.15) is 18.9 Å². The first-order valence-corrected chi connectivity index (χ1v) is 5.77. The van der Waals surface area contributed by atoms with Gasteiger partial charge in [-0.15, -0.1) is 0 Å². The maximum absolute atomic E-state index is 11.0. The van der Waals surface area contributed by atoms with E-state index in [1.807, 2.05) is 37.3 Å². The van der Waals surface area contributed by atoms with Gasteiger partial charge in [0.15, 0.2) is 0 Å². The average molecular weight is 229 g/mol. The first-order valence-electron chi connectivity index (χ1n) is 5.77. The van der Waals surface area contributed by atoms with Crippen LogP contribution in [0.5, 0.6) is 0 Å². The number of aromatic nitrogens is 1. The fourth-order valence-corrected chi connectivity index (χ4v) is 1.94. The largest absolute Gasteiger partial charge is 0.481 e. The Kier molecular flexibility index (Phi) is 3.38. The summed E-state index contributed by atoms with van der Waals surface area (Å²) in [5, 5.41) is 10.1. The second-order valence-electron chi connectivity index (χ2n) is 4.18. The van der Waals surface area contributed by atoms with Gasteiger partial charge < -0.3 is 5.11 Å². The molecule has 0 aliphatic carbocycles. The van der Waals surface area contributed by atoms with Gasteiger partial charge in [0.05, 0.1) is 11.4 Å². The Hall–Kier alpha value is -1.90. The predicted octanol–water partition coefficient (Wildman–Crippen LogP) is 2.89. The van der Waals surface area contributed by atoms with Crippen molar-refractivity contribution in [3.63, 3.8) is 0 Å². The Morgan fingerprint density at radius 3 is 2.94 bits per heavy atom. The van der Waals surface area contributed by atoms with Crippen LogP contribution in [-0.2, 0) is 11.2 Å². The van der Waals surface area contributed by atoms with Gasteiger partial charge in [0.25, 0.3) is 0 Å². The van der Waals surface area contributed by atoms with Crippen molar-refractivity contribution in [2.45, 2.75) is 19.8 Å². The Balaban J connectivity index is 2.27. The second kappa shape index (κ2) is 4.95. The third-order valence-electron chi connectivity index (χ3n) is 2.99. The highest BCUT2D eigenvalue weighted by atomic mass is 16.4. The third-order valence-corrected chi connectivity index (χ3v) is 2.99. The molecule has 17 heavy (non-hydrogen) atoms. The quantitative estimate of drug-likeness (QED) is 0.877. The maximum atomic E-state index is 11.0. The SMILES string of the molecule is CCC(Cc1ccc2ncccc2c1)C(=O)O. The van der Waals surface area contributed by atoms with Crippen molar-refractivity contribution in [1.82, 2.24) is 4.98 Å². The van der Waals surface area contributed by atoms with E-state index in [0.29, 0.717) is 12.8 Å². The molecule has 0 radical (unpaired) electrons. The summed E-state index contributed by atoms with van der Waals surface area (Å²) in [6.07, 6.45) is 2.99. The summed E-state index contributed by atoms with van der Waals surface area (Å²) in [6, 6.07) is 9.81. The Bertz CT molecular complexity index is 536. The van der Waals surface area contributed by atoms with Crippen molar-refractivity contribution in [1.29, 1.82) is 0 Å². The number of nitrogens with zero attached hydrogens (tertiary/aromatic N) is 1. The highest BCUT2D eigenvalue weighted by Crippen LogP contribution is 2.17. The van der Waals surface area contributed by atoms with Crippen molar-refractivity contribution in [2.24, 2.45) is 5.92 Å². The summed E-state index contributed by atoms with van der Waals surface area (Å²) < 4.78 is 0. The summed E-state index contributed by atoms with van der Waals surface area (Å²) >= 11 is 0. The molecule has 0 fully saturated rings. The van der Waals surface area contributed by atoms with Gasteiger partial charge in [-0.05, 0) is 36.6 Å². The van der Waals surface area contributed by atoms with Crippen LogP contribution in [0, 0.1) is 5.92 Å². The molecule has 0 bridgehead atoms. The van der Waals surface area contributed by atoms with E-state index >= 15 is 0 Å². The van der Waals surface area contributed by atoms with Crippen LogP contribution >= 0.6 is 0 Å². The fourth-order valence-electron chi connectivity index (χ4n) is 1.94. The van der Waals surface area contributed by atoms with Crippen molar-refractivity contribution in [2.75, 3.05) is 0 Å². The van der Waals surface area contributed by atoms with E-state index in [1.54, 1.807) is 6.20 Å². The smallest absolute Gasteiger partial charge is 0.306 e. The molecule has 2 aromatic rings. The lowest BCUT2D eigenvalue weighted by Crippen LogP contribution is -2.15. The lowest BCUT2D eigenvalue weighted by Gasteiger charge is -2.10. The van der Waals surface area contributed by atoms with Crippen LogP contribution in [0.3, 0.4) is 0 Å². The van der Waals surface area contributed by atoms with Gasteiger partial charge in [0.1, 0.15) is 0 Å². The van der Waals surface area contributed by atoms with Crippen LogP contribution in [0.25, 0.3) is 10.9 Å². The summed E-state index contributed by atoms with van der Waals surface area (Å²) in [5.74, 6) is -1.03. The molecule has 1 heterocycles. The van der Waals surface area contributed by atoms with E-state index in [4.69, 9.17) is 5.11 Å². The molecule has 3 heteroatoms. The molecule has 0 saturated heterocycles. The van der Waals surface area contributed by atoms with Gasteiger partial charge in [0, 0.05) is 11.6 Å². The van der Waals surface area contributed by atoms with Gasteiger partial charge in [-0.25, -0.2) is 0 Å². The molecule has 1 unspecified atom stereocenters. The average Bonchev–Trinajstić information content (AvgIpc) is 2.35. The summed E-state index contributed by atoms with van der Waals surface area (Å²) in [7, 11) is 0. The number of aliphatic carboxylic acids is 1. The molecular formula is C14H15NO2. The summed E-state index contributed by atoms with van der Waals surface area (Å²) in [5.41, 5.74) is 2.00. The van der Waals surface area contributed by atoms with Crippen molar-refractivity contribution in [3.05, 3.63) is 42.1 Å². The minimum Gasteiger partial charge on any atom is -0.481 e. The topological polar surface area (TPSA) is 50.2 Å². The summed E-state index contributed by atoms with van der Waals surface area (Å²) in [6.45, 7) is 1.90. The number of pyridine rings is 1. The third kappa shape index (κ3) is 2.61. The zero-order valence-corrected chi connectivity index (χ0v) is 9.76. The first-order chi connectivity index (χ1) is 8.20. The molecule has 3 nitrogen and oxygen atoms in total. The molecule has 0 saturated carbocycles. The lowest BCUT2D eigenvalue weighted by molar-refractivity contribution is -0.141. The van der Waals surface area contributed by atoms with Crippen LogP contribution in [0.2, 0.25) is 0 Å². The molecule has 1 aromatic heterocycles. The van der Waals surface area contributed by atoms with E-state index < -0.39 is 5.97 Å². The van der Waals surface area contributed by atoms with E-state index in [9.17, 15) is 4.79 Å². The second-order valence-corrected chi connectivity index (χ2v) is 4.18. The predicted molar refractivity (Wildman–Crippen MR) is 66.9 cm³/mol. The van der Waals surface area contributed by atoms with Crippen molar-refractivity contribution in [3.8, 4) is 0 Å². The minimum atomic E-state index is -0.723. The number of hydrogen-bond donors (Lipinski definition) is 1. The number of carboxylic acid groups (broad SMARTS) is 1. The summed E-state index contributed by atoms with van der Waals surface area (Å²) in [4.78, 5) is 15.2. The number of hydrogen-bond acceptors (Lipinski definition) is 2. The molecular weight excluding hydrogens is 214 g/mol. The molecule has 0 amide bonds. The molecule has 1 N–H and O–H groups in total. The molecule has 0 spiro atoms. The van der Waals surface area contributed by atoms with Crippen molar-refractivity contribution < 1.29 is 9.90 Å².